The van der Waals surface area contributed by atoms with Crippen LogP contribution in [-0.2, 0) is 9.59 Å². The van der Waals surface area contributed by atoms with Gasteiger partial charge in [0.1, 0.15) is 5.75 Å². The molecule has 0 saturated carbocycles. The highest BCUT2D eigenvalue weighted by molar-refractivity contribution is 5.92. The van der Waals surface area contributed by atoms with Crippen molar-refractivity contribution in [3.05, 3.63) is 28.3 Å². The van der Waals surface area contributed by atoms with E-state index in [0.29, 0.717) is 18.8 Å². The van der Waals surface area contributed by atoms with E-state index in [1.807, 2.05) is 25.7 Å². The Labute approximate surface area is 152 Å². The molecule has 1 aromatic rings. The van der Waals surface area contributed by atoms with Crippen molar-refractivity contribution in [2.24, 2.45) is 0 Å². The molecule has 0 bridgehead atoms. The van der Waals surface area contributed by atoms with Gasteiger partial charge in [0, 0.05) is 31.1 Å². The molecule has 0 atom stereocenters. The van der Waals surface area contributed by atoms with Gasteiger partial charge in [0.15, 0.2) is 0 Å². The molecule has 0 unspecified atom stereocenters. The number of likely N-dealkylation sites (N-methyl/N-ethyl adjacent to an activating group) is 1. The minimum atomic E-state index is -0.540. The van der Waals surface area contributed by atoms with Crippen LogP contribution >= 0.6 is 0 Å². The second-order valence-electron chi connectivity index (χ2n) is 6.03. The van der Waals surface area contributed by atoms with E-state index in [2.05, 4.69) is 10.6 Å². The minimum Gasteiger partial charge on any atom is -0.495 e. The summed E-state index contributed by atoms with van der Waals surface area (Å²) >= 11 is 0. The van der Waals surface area contributed by atoms with Gasteiger partial charge in [-0.2, -0.15) is 0 Å². The first-order valence-electron chi connectivity index (χ1n) is 8.40. The number of nitrogens with zero attached hydrogens (tertiary/aromatic N) is 2. The molecule has 0 aliphatic heterocycles. The van der Waals surface area contributed by atoms with Crippen molar-refractivity contribution in [2.75, 3.05) is 32.1 Å². The maximum Gasteiger partial charge on any atom is 0.271 e. The number of hydrogen-bond donors (Lipinski definition) is 2. The fourth-order valence-electron chi connectivity index (χ4n) is 2.30. The monoisotopic (exact) mass is 366 g/mol. The quantitative estimate of drug-likeness (QED) is 0.482. The fraction of sp³-hybridized carbons (Fsp3) is 0.529. The van der Waals surface area contributed by atoms with Crippen molar-refractivity contribution >= 4 is 23.2 Å². The van der Waals surface area contributed by atoms with E-state index < -0.39 is 4.92 Å². The largest absolute Gasteiger partial charge is 0.495 e. The average Bonchev–Trinajstić information content (AvgIpc) is 2.57. The molecule has 0 radical (unpaired) electrons. The smallest absolute Gasteiger partial charge is 0.271 e. The van der Waals surface area contributed by atoms with Crippen LogP contribution < -0.4 is 15.4 Å². The average molecular weight is 366 g/mol. The van der Waals surface area contributed by atoms with Crippen LogP contribution in [0.4, 0.5) is 11.4 Å². The third kappa shape index (κ3) is 7.06. The van der Waals surface area contributed by atoms with E-state index in [1.54, 1.807) is 0 Å². The van der Waals surface area contributed by atoms with Crippen molar-refractivity contribution in [2.45, 2.75) is 33.2 Å². The highest BCUT2D eigenvalue weighted by Crippen LogP contribution is 2.28. The molecule has 1 rings (SSSR count). The second-order valence-corrected chi connectivity index (χ2v) is 6.03. The number of non-ortho nitro benzene ring substituents is 1. The summed E-state index contributed by atoms with van der Waals surface area (Å²) in [7, 11) is 1.42. The van der Waals surface area contributed by atoms with E-state index in [4.69, 9.17) is 4.74 Å². The number of carbonyl (C=O) groups is 2. The Hall–Kier alpha value is -2.68. The van der Waals surface area contributed by atoms with Crippen molar-refractivity contribution < 1.29 is 19.2 Å². The fourth-order valence-corrected chi connectivity index (χ4v) is 2.30. The van der Waals surface area contributed by atoms with E-state index in [0.717, 1.165) is 0 Å². The van der Waals surface area contributed by atoms with Crippen molar-refractivity contribution in [1.82, 2.24) is 10.2 Å². The van der Waals surface area contributed by atoms with Crippen LogP contribution in [0.3, 0.4) is 0 Å². The molecule has 26 heavy (non-hydrogen) atoms. The number of hydrogen-bond acceptors (Lipinski definition) is 6. The Bertz CT molecular complexity index is 648. The SMILES string of the molecule is CCN(CCC(=O)Nc1cc([N+](=O)[O-])ccc1OC)CC(=O)NC(C)C. The topological polar surface area (TPSA) is 114 Å². The number of carbonyl (C=O) groups excluding carboxylic acids is 2. The Morgan fingerprint density at radius 1 is 1.31 bits per heavy atom. The molecule has 0 aromatic heterocycles. The van der Waals surface area contributed by atoms with Crippen LogP contribution in [0.25, 0.3) is 0 Å². The predicted octanol–water partition coefficient (Wildman–Crippen LogP) is 1.78. The van der Waals surface area contributed by atoms with Gasteiger partial charge in [0.25, 0.3) is 5.69 Å². The van der Waals surface area contributed by atoms with E-state index in [9.17, 15) is 19.7 Å². The number of methoxy groups -OCH3 is 1. The van der Waals surface area contributed by atoms with Crippen LogP contribution in [-0.4, -0.2) is 54.4 Å². The zero-order chi connectivity index (χ0) is 19.7. The highest BCUT2D eigenvalue weighted by Gasteiger charge is 2.15. The van der Waals surface area contributed by atoms with Gasteiger partial charge in [-0.1, -0.05) is 6.92 Å². The van der Waals surface area contributed by atoms with Gasteiger partial charge < -0.3 is 15.4 Å². The maximum atomic E-state index is 12.2. The van der Waals surface area contributed by atoms with Gasteiger partial charge >= 0.3 is 0 Å². The van der Waals surface area contributed by atoms with E-state index in [-0.39, 0.29) is 42.2 Å². The van der Waals surface area contributed by atoms with Gasteiger partial charge in [-0.3, -0.25) is 24.6 Å². The molecule has 144 valence electrons. The molecular weight excluding hydrogens is 340 g/mol. The lowest BCUT2D eigenvalue weighted by molar-refractivity contribution is -0.384. The van der Waals surface area contributed by atoms with Crippen LogP contribution in [0.2, 0.25) is 0 Å². The second kappa shape index (κ2) is 10.3. The summed E-state index contributed by atoms with van der Waals surface area (Å²) in [5, 5.41) is 16.3. The molecule has 0 heterocycles. The number of ether oxygens (including phenoxy) is 1. The number of amides is 2. The molecule has 0 fully saturated rings. The summed E-state index contributed by atoms with van der Waals surface area (Å²) in [4.78, 5) is 36.2. The van der Waals surface area contributed by atoms with Gasteiger partial charge in [-0.05, 0) is 26.5 Å². The lowest BCUT2D eigenvalue weighted by Crippen LogP contribution is -2.41. The first kappa shape index (κ1) is 21.4. The molecule has 0 spiro atoms. The number of nitrogens with one attached hydrogen (secondary N) is 2. The first-order valence-corrected chi connectivity index (χ1v) is 8.40. The molecule has 0 saturated heterocycles. The summed E-state index contributed by atoms with van der Waals surface area (Å²) in [5.41, 5.74) is 0.106. The summed E-state index contributed by atoms with van der Waals surface area (Å²) in [6, 6.07) is 4.05. The summed E-state index contributed by atoms with van der Waals surface area (Å²) in [5.74, 6) is -0.0678. The molecule has 0 aliphatic rings. The number of nitro groups is 1. The van der Waals surface area contributed by atoms with Crippen molar-refractivity contribution in [3.63, 3.8) is 0 Å². The Morgan fingerprint density at radius 3 is 2.54 bits per heavy atom. The first-order chi connectivity index (χ1) is 12.3. The number of rotatable bonds is 10. The van der Waals surface area contributed by atoms with Gasteiger partial charge in [0.05, 0.1) is 24.3 Å². The highest BCUT2D eigenvalue weighted by atomic mass is 16.6. The van der Waals surface area contributed by atoms with Crippen molar-refractivity contribution in [3.8, 4) is 5.75 Å². The van der Waals surface area contributed by atoms with Crippen LogP contribution in [0.15, 0.2) is 18.2 Å². The third-order valence-corrected chi connectivity index (χ3v) is 3.59. The molecule has 9 nitrogen and oxygen atoms in total. The molecule has 9 heteroatoms. The molecule has 1 aromatic carbocycles. The minimum absolute atomic E-state index is 0.0610. The molecule has 0 aliphatic carbocycles. The van der Waals surface area contributed by atoms with Gasteiger partial charge in [0.2, 0.25) is 11.8 Å². The van der Waals surface area contributed by atoms with Gasteiger partial charge in [-0.15, -0.1) is 0 Å². The maximum absolute atomic E-state index is 12.2. The van der Waals surface area contributed by atoms with E-state index in [1.165, 1.54) is 25.3 Å². The number of nitro benzene ring substituents is 1. The zero-order valence-corrected chi connectivity index (χ0v) is 15.6. The van der Waals surface area contributed by atoms with Crippen molar-refractivity contribution in [1.29, 1.82) is 0 Å². The van der Waals surface area contributed by atoms with Crippen LogP contribution in [0.1, 0.15) is 27.2 Å². The van der Waals surface area contributed by atoms with Crippen LogP contribution in [0.5, 0.6) is 5.75 Å². The molecular formula is C17H26N4O5. The van der Waals surface area contributed by atoms with E-state index >= 15 is 0 Å². The molecule has 2 N–H and O–H groups in total. The number of anilines is 1. The normalized spacial score (nSPS) is 10.7. The standard InChI is InChI=1S/C17H26N4O5/c1-5-20(11-17(23)18-12(2)3)9-8-16(22)19-14-10-13(21(24)25)6-7-15(14)26-4/h6-7,10,12H,5,8-9,11H2,1-4H3,(H,18,23)(H,19,22). The lowest BCUT2D eigenvalue weighted by atomic mass is 10.2. The summed E-state index contributed by atoms with van der Waals surface area (Å²) < 4.78 is 5.12. The number of benzene rings is 1. The summed E-state index contributed by atoms with van der Waals surface area (Å²) in [6.07, 6.45) is 0.147. The third-order valence-electron chi connectivity index (χ3n) is 3.59. The Morgan fingerprint density at radius 2 is 2.00 bits per heavy atom. The van der Waals surface area contributed by atoms with Crippen LogP contribution in [0, 0.1) is 10.1 Å². The predicted molar refractivity (Wildman–Crippen MR) is 98.3 cm³/mol. The van der Waals surface area contributed by atoms with Gasteiger partial charge in [-0.25, -0.2) is 0 Å². The Kier molecular flexibility index (Phi) is 8.50. The molecule has 2 amide bonds. The lowest BCUT2D eigenvalue weighted by Gasteiger charge is -2.20. The summed E-state index contributed by atoms with van der Waals surface area (Å²) in [6.45, 7) is 6.90. The zero-order valence-electron chi connectivity index (χ0n) is 15.6. The Balaban J connectivity index is 2.64.